The quantitative estimate of drug-likeness (QED) is 0.311. The van der Waals surface area contributed by atoms with Gasteiger partial charge in [0.2, 0.25) is 0 Å². The van der Waals surface area contributed by atoms with Crippen LogP contribution in [0.2, 0.25) is 0 Å². The molecular formula is C26H22BrFN2O2. The van der Waals surface area contributed by atoms with Crippen LogP contribution in [0.5, 0.6) is 5.75 Å². The lowest BCUT2D eigenvalue weighted by molar-refractivity contribution is -0.112. The molecule has 0 atom stereocenters. The molecule has 1 amide bonds. The van der Waals surface area contributed by atoms with Crippen molar-refractivity contribution in [2.75, 3.05) is 12.4 Å². The minimum atomic E-state index is -0.490. The van der Waals surface area contributed by atoms with Crippen LogP contribution >= 0.6 is 15.9 Å². The van der Waals surface area contributed by atoms with Gasteiger partial charge in [0.15, 0.2) is 0 Å². The Hall–Kier alpha value is -3.43. The van der Waals surface area contributed by atoms with Crippen LogP contribution in [0.4, 0.5) is 10.1 Å². The zero-order valence-electron chi connectivity index (χ0n) is 17.8. The number of nitriles is 1. The van der Waals surface area contributed by atoms with E-state index in [9.17, 15) is 14.4 Å². The summed E-state index contributed by atoms with van der Waals surface area (Å²) in [5, 5.41) is 12.3. The van der Waals surface area contributed by atoms with Crippen LogP contribution in [0, 0.1) is 17.1 Å². The van der Waals surface area contributed by atoms with Crippen LogP contribution in [0.3, 0.4) is 0 Å². The molecule has 4 nitrogen and oxygen atoms in total. The van der Waals surface area contributed by atoms with E-state index in [1.54, 1.807) is 25.3 Å². The summed E-state index contributed by atoms with van der Waals surface area (Å²) in [6.07, 6.45) is 2.88. The normalized spacial score (nSPS) is 11.0. The number of carbonyl (C=O) groups is 1. The number of nitrogens with zero attached hydrogens (tertiary/aromatic N) is 1. The van der Waals surface area contributed by atoms with Crippen molar-refractivity contribution in [3.63, 3.8) is 0 Å². The van der Waals surface area contributed by atoms with Crippen LogP contribution in [0.15, 0.2) is 70.7 Å². The second-order valence-corrected chi connectivity index (χ2v) is 8.02. The Bertz CT molecular complexity index is 1200. The minimum absolute atomic E-state index is 0.0311. The number of benzene rings is 3. The lowest BCUT2D eigenvalue weighted by Crippen LogP contribution is -2.13. The first-order valence-electron chi connectivity index (χ1n) is 10.1. The van der Waals surface area contributed by atoms with Gasteiger partial charge in [-0.15, -0.1) is 0 Å². The third-order valence-electron chi connectivity index (χ3n) is 4.96. The fourth-order valence-corrected chi connectivity index (χ4v) is 3.86. The highest BCUT2D eigenvalue weighted by atomic mass is 79.9. The van der Waals surface area contributed by atoms with Gasteiger partial charge in [-0.2, -0.15) is 5.26 Å². The highest BCUT2D eigenvalue weighted by molar-refractivity contribution is 9.10. The second-order valence-electron chi connectivity index (χ2n) is 7.16. The van der Waals surface area contributed by atoms with Crippen LogP contribution < -0.4 is 10.1 Å². The molecule has 162 valence electrons. The number of anilines is 1. The van der Waals surface area contributed by atoms with Gasteiger partial charge < -0.3 is 10.1 Å². The van der Waals surface area contributed by atoms with Gasteiger partial charge in [-0.25, -0.2) is 4.39 Å². The Labute approximate surface area is 195 Å². The maximum atomic E-state index is 13.5. The van der Waals surface area contributed by atoms with Gasteiger partial charge in [-0.3, -0.25) is 4.79 Å². The number of rotatable bonds is 7. The lowest BCUT2D eigenvalue weighted by Gasteiger charge is -2.13. The van der Waals surface area contributed by atoms with Gasteiger partial charge in [0, 0.05) is 22.1 Å². The summed E-state index contributed by atoms with van der Waals surface area (Å²) < 4.78 is 19.8. The van der Waals surface area contributed by atoms with Gasteiger partial charge in [0.05, 0.1) is 7.11 Å². The Morgan fingerprint density at radius 2 is 1.91 bits per heavy atom. The first kappa shape index (κ1) is 23.2. The summed E-state index contributed by atoms with van der Waals surface area (Å²) in [7, 11) is 1.54. The number of ether oxygens (including phenoxy) is 1. The largest absolute Gasteiger partial charge is 0.496 e. The number of methoxy groups -OCH3 is 1. The molecule has 1 N–H and O–H groups in total. The number of halogens is 2. The van der Waals surface area contributed by atoms with Crippen LogP contribution in [0.25, 0.3) is 6.08 Å². The number of nitrogens with one attached hydrogen (secondary N) is 1. The fraction of sp³-hybridized carbons (Fsp3) is 0.154. The number of hydrogen-bond acceptors (Lipinski definition) is 3. The monoisotopic (exact) mass is 492 g/mol. The molecule has 0 heterocycles. The standard InChI is InChI=1S/C26H22BrFN2O2/c1-3-17-7-9-22(10-8-17)30-26(31)20(16-29)11-19-14-24(27)23(25(15-19)32-2)13-18-5-4-6-21(28)12-18/h4-12,14-15H,3,13H2,1-2H3,(H,30,31)/b20-11+. The molecule has 0 aliphatic heterocycles. The molecule has 0 aliphatic carbocycles. The molecule has 0 spiro atoms. The van der Waals surface area contributed by atoms with E-state index < -0.39 is 5.91 Å². The molecule has 0 saturated carbocycles. The summed E-state index contributed by atoms with van der Waals surface area (Å²) in [6.45, 7) is 2.06. The molecule has 0 unspecified atom stereocenters. The Kier molecular flexibility index (Phi) is 7.80. The number of hydrogen-bond donors (Lipinski definition) is 1. The van der Waals surface area contributed by atoms with Gasteiger partial charge in [0.25, 0.3) is 5.91 Å². The highest BCUT2D eigenvalue weighted by Gasteiger charge is 2.14. The SMILES string of the molecule is CCc1ccc(NC(=O)/C(C#N)=C/c2cc(Br)c(Cc3cccc(F)c3)c(OC)c2)cc1. The third-order valence-corrected chi connectivity index (χ3v) is 5.67. The maximum absolute atomic E-state index is 13.5. The molecule has 0 aliphatic rings. The molecule has 0 aromatic heterocycles. The van der Waals surface area contributed by atoms with E-state index in [4.69, 9.17) is 4.74 Å². The van der Waals surface area contributed by atoms with Crippen molar-refractivity contribution >= 4 is 33.6 Å². The van der Waals surface area contributed by atoms with Crippen molar-refractivity contribution in [2.24, 2.45) is 0 Å². The summed E-state index contributed by atoms with van der Waals surface area (Å²) in [5.74, 6) is -0.218. The molecule has 0 saturated heterocycles. The van der Waals surface area contributed by atoms with E-state index in [2.05, 4.69) is 28.2 Å². The first-order chi connectivity index (χ1) is 15.4. The van der Waals surface area contributed by atoms with E-state index in [0.717, 1.165) is 27.6 Å². The molecule has 6 heteroatoms. The topological polar surface area (TPSA) is 62.1 Å². The van der Waals surface area contributed by atoms with Crippen LogP contribution in [0.1, 0.15) is 29.2 Å². The minimum Gasteiger partial charge on any atom is -0.496 e. The van der Waals surface area contributed by atoms with Crippen LogP contribution in [-0.2, 0) is 17.6 Å². The summed E-state index contributed by atoms with van der Waals surface area (Å²) in [4.78, 5) is 12.6. The summed E-state index contributed by atoms with van der Waals surface area (Å²) in [6, 6.07) is 19.4. The lowest BCUT2D eigenvalue weighted by atomic mass is 10.0. The molecular weight excluding hydrogens is 471 g/mol. The van der Waals surface area contributed by atoms with Crippen molar-refractivity contribution in [1.82, 2.24) is 0 Å². The van der Waals surface area contributed by atoms with E-state index in [1.165, 1.54) is 18.2 Å². The average Bonchev–Trinajstić information content (AvgIpc) is 2.79. The Morgan fingerprint density at radius 1 is 1.16 bits per heavy atom. The maximum Gasteiger partial charge on any atom is 0.266 e. The number of carbonyl (C=O) groups excluding carboxylic acids is 1. The molecule has 3 rings (SSSR count). The fourth-order valence-electron chi connectivity index (χ4n) is 3.26. The van der Waals surface area contributed by atoms with Gasteiger partial charge in [-0.1, -0.05) is 47.1 Å². The third kappa shape index (κ3) is 5.83. The molecule has 3 aromatic carbocycles. The van der Waals surface area contributed by atoms with Crippen molar-refractivity contribution in [3.05, 3.63) is 98.8 Å². The number of aryl methyl sites for hydroxylation is 1. The van der Waals surface area contributed by atoms with Gasteiger partial charge >= 0.3 is 0 Å². The highest BCUT2D eigenvalue weighted by Crippen LogP contribution is 2.32. The van der Waals surface area contributed by atoms with Crippen molar-refractivity contribution < 1.29 is 13.9 Å². The zero-order valence-corrected chi connectivity index (χ0v) is 19.4. The smallest absolute Gasteiger partial charge is 0.266 e. The predicted octanol–water partition coefficient (Wildman–Crippen LogP) is 6.30. The Balaban J connectivity index is 1.85. The van der Waals surface area contributed by atoms with E-state index in [1.807, 2.05) is 36.4 Å². The second kappa shape index (κ2) is 10.7. The Morgan fingerprint density at radius 3 is 2.53 bits per heavy atom. The van der Waals surface area contributed by atoms with Crippen molar-refractivity contribution in [3.8, 4) is 11.8 Å². The number of amides is 1. The first-order valence-corrected chi connectivity index (χ1v) is 10.9. The van der Waals surface area contributed by atoms with Gasteiger partial charge in [-0.05, 0) is 65.6 Å². The van der Waals surface area contributed by atoms with Crippen molar-refractivity contribution in [1.29, 1.82) is 5.26 Å². The average molecular weight is 493 g/mol. The van der Waals surface area contributed by atoms with E-state index in [0.29, 0.717) is 23.4 Å². The van der Waals surface area contributed by atoms with E-state index >= 15 is 0 Å². The zero-order chi connectivity index (χ0) is 23.1. The van der Waals surface area contributed by atoms with Gasteiger partial charge in [0.1, 0.15) is 23.2 Å². The summed E-state index contributed by atoms with van der Waals surface area (Å²) >= 11 is 3.54. The van der Waals surface area contributed by atoms with Crippen molar-refractivity contribution in [2.45, 2.75) is 19.8 Å². The summed E-state index contributed by atoms with van der Waals surface area (Å²) in [5.41, 5.74) is 4.03. The molecule has 0 radical (unpaired) electrons. The molecule has 3 aromatic rings. The molecule has 0 bridgehead atoms. The van der Waals surface area contributed by atoms with E-state index in [-0.39, 0.29) is 11.4 Å². The molecule has 0 fully saturated rings. The van der Waals surface area contributed by atoms with Crippen LogP contribution in [-0.4, -0.2) is 13.0 Å². The molecule has 32 heavy (non-hydrogen) atoms. The predicted molar refractivity (Wildman–Crippen MR) is 128 cm³/mol.